The van der Waals surface area contributed by atoms with Crippen molar-refractivity contribution in [2.45, 2.75) is 5.41 Å². The molecule has 0 amide bonds. The SMILES string of the molecule is c1ccc(-c2ccc3oc4cccc(N(c5ccc6c(c5)C5(c7ccccc7O6)c6ccccc6-c6ccccc65)c5cccc6oc7ccc(-c8ccccc8)cc7c56)c4c3c2)cc1. The standard InChI is InChI=1S/C61H37NO3/c1-3-15-38(16-4-1)40-29-32-53-45(35-40)59-51(24-13-27-57(59)63-53)62(52-25-14-28-58-60(52)46-36-41(30-33-54(46)64-58)39-17-5-2-6-18-39)42-31-34-56-50(37-42)61(49-23-11-12-26-55(49)65-56)47-21-9-7-19-43(47)44-20-8-10-22-48(44)61/h1-37H. The first kappa shape index (κ1) is 35.9. The van der Waals surface area contributed by atoms with E-state index in [0.717, 1.165) is 106 Å². The third kappa shape index (κ3) is 5.13. The van der Waals surface area contributed by atoms with Gasteiger partial charge in [-0.2, -0.15) is 0 Å². The molecular formula is C61H37NO3. The van der Waals surface area contributed by atoms with Crippen LogP contribution in [0.15, 0.2) is 233 Å². The predicted molar refractivity (Wildman–Crippen MR) is 264 cm³/mol. The molecule has 14 rings (SSSR count). The van der Waals surface area contributed by atoms with Gasteiger partial charge in [0.15, 0.2) is 0 Å². The minimum Gasteiger partial charge on any atom is -0.457 e. The first-order valence-corrected chi connectivity index (χ1v) is 22.2. The summed E-state index contributed by atoms with van der Waals surface area (Å²) in [5.74, 6) is 1.70. The highest BCUT2D eigenvalue weighted by Gasteiger charge is 2.51. The summed E-state index contributed by atoms with van der Waals surface area (Å²) in [6.07, 6.45) is 0. The average molecular weight is 832 g/mol. The zero-order valence-electron chi connectivity index (χ0n) is 35.0. The molecule has 4 nitrogen and oxygen atoms in total. The maximum atomic E-state index is 6.93. The lowest BCUT2D eigenvalue weighted by molar-refractivity contribution is 0.436. The van der Waals surface area contributed by atoms with Crippen LogP contribution >= 0.6 is 0 Å². The minimum absolute atomic E-state index is 0.642. The van der Waals surface area contributed by atoms with Gasteiger partial charge < -0.3 is 18.5 Å². The first-order chi connectivity index (χ1) is 32.2. The normalized spacial score (nSPS) is 13.2. The minimum atomic E-state index is -0.642. The van der Waals surface area contributed by atoms with Crippen LogP contribution in [0.1, 0.15) is 22.3 Å². The van der Waals surface area contributed by atoms with Gasteiger partial charge in [-0.05, 0) is 117 Å². The van der Waals surface area contributed by atoms with Crippen molar-refractivity contribution in [3.63, 3.8) is 0 Å². The van der Waals surface area contributed by atoms with E-state index in [4.69, 9.17) is 13.6 Å². The Labute approximate surface area is 374 Å². The van der Waals surface area contributed by atoms with Crippen LogP contribution < -0.4 is 9.64 Å². The summed E-state index contributed by atoms with van der Waals surface area (Å²) in [4.78, 5) is 2.42. The van der Waals surface area contributed by atoms with Gasteiger partial charge in [-0.3, -0.25) is 0 Å². The van der Waals surface area contributed by atoms with E-state index in [2.05, 4.69) is 229 Å². The molecule has 1 aliphatic heterocycles. The van der Waals surface area contributed by atoms with Crippen LogP contribution in [0.2, 0.25) is 0 Å². The summed E-state index contributed by atoms with van der Waals surface area (Å²) in [6, 6.07) is 80.1. The number of para-hydroxylation sites is 1. The third-order valence-corrected chi connectivity index (χ3v) is 13.7. The molecule has 0 bridgehead atoms. The van der Waals surface area contributed by atoms with E-state index >= 15 is 0 Å². The molecule has 0 fully saturated rings. The van der Waals surface area contributed by atoms with Gasteiger partial charge in [0, 0.05) is 27.6 Å². The van der Waals surface area contributed by atoms with Gasteiger partial charge >= 0.3 is 0 Å². The fourth-order valence-electron chi connectivity index (χ4n) is 11.0. The number of rotatable bonds is 5. The van der Waals surface area contributed by atoms with E-state index in [9.17, 15) is 0 Å². The Morgan fingerprint density at radius 1 is 0.323 bits per heavy atom. The molecule has 0 saturated carbocycles. The predicted octanol–water partition coefficient (Wildman–Crippen LogP) is 16.8. The smallest absolute Gasteiger partial charge is 0.137 e. The second-order valence-electron chi connectivity index (χ2n) is 17.1. The summed E-state index contributed by atoms with van der Waals surface area (Å²) < 4.78 is 20.4. The number of anilines is 3. The first-order valence-electron chi connectivity index (χ1n) is 22.2. The molecular weight excluding hydrogens is 795 g/mol. The van der Waals surface area contributed by atoms with Gasteiger partial charge in [0.1, 0.15) is 33.8 Å². The highest BCUT2D eigenvalue weighted by atomic mass is 16.5. The van der Waals surface area contributed by atoms with E-state index in [1.165, 1.54) is 22.3 Å². The molecule has 0 radical (unpaired) electrons. The van der Waals surface area contributed by atoms with Gasteiger partial charge in [0.05, 0.1) is 27.6 Å². The summed E-state index contributed by atoms with van der Waals surface area (Å²) in [7, 11) is 0. The molecule has 0 unspecified atom stereocenters. The zero-order chi connectivity index (χ0) is 42.6. The van der Waals surface area contributed by atoms with E-state index in [1.807, 2.05) is 0 Å². The van der Waals surface area contributed by atoms with Crippen LogP contribution in [-0.2, 0) is 5.41 Å². The quantitative estimate of drug-likeness (QED) is 0.173. The zero-order valence-corrected chi connectivity index (χ0v) is 35.0. The molecule has 0 N–H and O–H groups in total. The Morgan fingerprint density at radius 3 is 1.38 bits per heavy atom. The fourth-order valence-corrected chi connectivity index (χ4v) is 11.0. The maximum absolute atomic E-state index is 6.93. The van der Waals surface area contributed by atoms with Crippen molar-refractivity contribution in [1.29, 1.82) is 0 Å². The molecule has 1 aliphatic carbocycles. The van der Waals surface area contributed by atoms with Crippen LogP contribution in [0.25, 0.3) is 77.3 Å². The molecule has 65 heavy (non-hydrogen) atoms. The third-order valence-electron chi connectivity index (χ3n) is 13.7. The highest BCUT2D eigenvalue weighted by Crippen LogP contribution is 2.63. The number of hydrogen-bond donors (Lipinski definition) is 0. The van der Waals surface area contributed by atoms with Crippen molar-refractivity contribution in [3.8, 4) is 44.9 Å². The number of fused-ring (bicyclic) bond motifs is 15. The molecule has 0 saturated heterocycles. The lowest BCUT2D eigenvalue weighted by atomic mass is 9.66. The van der Waals surface area contributed by atoms with Crippen molar-refractivity contribution < 1.29 is 13.6 Å². The summed E-state index contributed by atoms with van der Waals surface area (Å²) in [5.41, 5.74) is 17.4. The lowest BCUT2D eigenvalue weighted by Gasteiger charge is -2.40. The van der Waals surface area contributed by atoms with Crippen molar-refractivity contribution in [2.24, 2.45) is 0 Å². The molecule has 10 aromatic carbocycles. The molecule has 2 aromatic heterocycles. The topological polar surface area (TPSA) is 38.8 Å². The van der Waals surface area contributed by atoms with Crippen LogP contribution in [0.3, 0.4) is 0 Å². The summed E-state index contributed by atoms with van der Waals surface area (Å²) in [5, 5.41) is 4.15. The van der Waals surface area contributed by atoms with Gasteiger partial charge in [-0.25, -0.2) is 0 Å². The number of furan rings is 2. The molecule has 304 valence electrons. The van der Waals surface area contributed by atoms with E-state index in [-0.39, 0.29) is 0 Å². The second kappa shape index (κ2) is 13.7. The van der Waals surface area contributed by atoms with Crippen molar-refractivity contribution in [3.05, 3.63) is 247 Å². The Kier molecular flexibility index (Phi) is 7.57. The number of ether oxygens (including phenoxy) is 1. The largest absolute Gasteiger partial charge is 0.457 e. The molecule has 12 aromatic rings. The van der Waals surface area contributed by atoms with Crippen LogP contribution in [0.5, 0.6) is 11.5 Å². The van der Waals surface area contributed by atoms with Crippen molar-refractivity contribution >= 4 is 60.9 Å². The number of nitrogens with zero attached hydrogens (tertiary/aromatic N) is 1. The van der Waals surface area contributed by atoms with E-state index in [1.54, 1.807) is 0 Å². The molecule has 1 spiro atoms. The van der Waals surface area contributed by atoms with E-state index in [0.29, 0.717) is 0 Å². The molecule has 2 aliphatic rings. The van der Waals surface area contributed by atoms with Crippen molar-refractivity contribution in [2.75, 3.05) is 4.90 Å². The highest BCUT2D eigenvalue weighted by molar-refractivity contribution is 6.18. The second-order valence-corrected chi connectivity index (χ2v) is 17.1. The fraction of sp³-hybridized carbons (Fsp3) is 0.0164. The number of benzene rings is 10. The molecule has 4 heteroatoms. The summed E-state index contributed by atoms with van der Waals surface area (Å²) in [6.45, 7) is 0. The average Bonchev–Trinajstić information content (AvgIpc) is 4.04. The van der Waals surface area contributed by atoms with E-state index < -0.39 is 5.41 Å². The molecule has 3 heterocycles. The van der Waals surface area contributed by atoms with Crippen LogP contribution in [0, 0.1) is 0 Å². The Bertz CT molecular complexity index is 3680. The van der Waals surface area contributed by atoms with Gasteiger partial charge in [-0.1, -0.05) is 152 Å². The van der Waals surface area contributed by atoms with Gasteiger partial charge in [0.25, 0.3) is 0 Å². The molecule has 0 atom stereocenters. The Morgan fingerprint density at radius 2 is 0.815 bits per heavy atom. The number of hydrogen-bond acceptors (Lipinski definition) is 4. The van der Waals surface area contributed by atoms with Crippen LogP contribution in [-0.4, -0.2) is 0 Å². The Balaban J connectivity index is 1.09. The summed E-state index contributed by atoms with van der Waals surface area (Å²) >= 11 is 0. The monoisotopic (exact) mass is 831 g/mol. The maximum Gasteiger partial charge on any atom is 0.137 e. The van der Waals surface area contributed by atoms with Crippen molar-refractivity contribution in [1.82, 2.24) is 0 Å². The van der Waals surface area contributed by atoms with Gasteiger partial charge in [0.2, 0.25) is 0 Å². The van der Waals surface area contributed by atoms with Gasteiger partial charge in [-0.15, -0.1) is 0 Å². The van der Waals surface area contributed by atoms with Crippen LogP contribution in [0.4, 0.5) is 17.1 Å². The Hall–Kier alpha value is -8.60. The lowest BCUT2D eigenvalue weighted by Crippen LogP contribution is -2.32.